The first-order valence-electron chi connectivity index (χ1n) is 8.75. The van der Waals surface area contributed by atoms with Gasteiger partial charge in [-0.2, -0.15) is 9.61 Å². The highest BCUT2D eigenvalue weighted by atomic mass is 16.1. The zero-order valence-corrected chi connectivity index (χ0v) is 14.4. The fraction of sp³-hybridized carbons (Fsp3) is 0.368. The molecule has 25 heavy (non-hydrogen) atoms. The van der Waals surface area contributed by atoms with Crippen LogP contribution in [0.15, 0.2) is 47.4 Å². The van der Waals surface area contributed by atoms with Gasteiger partial charge in [0, 0.05) is 31.3 Å². The summed E-state index contributed by atoms with van der Waals surface area (Å²) in [6, 6.07) is 12.2. The van der Waals surface area contributed by atoms with E-state index in [4.69, 9.17) is 5.73 Å². The smallest absolute Gasteiger partial charge is 0.276 e. The molecule has 3 aromatic rings. The summed E-state index contributed by atoms with van der Waals surface area (Å²) in [4.78, 5) is 14.7. The van der Waals surface area contributed by atoms with Crippen LogP contribution < -0.4 is 16.2 Å². The number of aryl methyl sites for hydroxylation is 1. The van der Waals surface area contributed by atoms with Gasteiger partial charge in [-0.3, -0.25) is 4.79 Å². The van der Waals surface area contributed by atoms with Crippen molar-refractivity contribution in [1.82, 2.24) is 14.2 Å². The second kappa shape index (κ2) is 6.37. The molecule has 1 aliphatic heterocycles. The third-order valence-electron chi connectivity index (χ3n) is 4.88. The molecule has 130 valence electrons. The number of hydrogen-bond acceptors (Lipinski definition) is 4. The lowest BCUT2D eigenvalue weighted by molar-refractivity contribution is 0.497. The van der Waals surface area contributed by atoms with E-state index < -0.39 is 0 Å². The highest BCUT2D eigenvalue weighted by molar-refractivity contribution is 5.51. The summed E-state index contributed by atoms with van der Waals surface area (Å²) < 4.78 is 3.62. The lowest BCUT2D eigenvalue weighted by Crippen LogP contribution is -2.44. The Morgan fingerprint density at radius 3 is 2.80 bits per heavy atom. The predicted molar refractivity (Wildman–Crippen MR) is 99.2 cm³/mol. The maximum absolute atomic E-state index is 12.5. The molecule has 4 rings (SSSR count). The SMILES string of the molecule is Cc1ccc(Cn2c(N3CCC[C@@H](N)C3)cc(=O)n3nccc23)cc1. The van der Waals surface area contributed by atoms with Gasteiger partial charge in [-0.15, -0.1) is 0 Å². The molecule has 2 aromatic heterocycles. The number of piperidine rings is 1. The average Bonchev–Trinajstić information content (AvgIpc) is 3.09. The van der Waals surface area contributed by atoms with Crippen LogP contribution in [0.25, 0.3) is 5.65 Å². The summed E-state index contributed by atoms with van der Waals surface area (Å²) in [5, 5.41) is 4.18. The van der Waals surface area contributed by atoms with Gasteiger partial charge in [0.1, 0.15) is 11.5 Å². The number of nitrogens with zero attached hydrogens (tertiary/aromatic N) is 4. The largest absolute Gasteiger partial charge is 0.356 e. The van der Waals surface area contributed by atoms with Crippen molar-refractivity contribution in [3.8, 4) is 0 Å². The van der Waals surface area contributed by atoms with Crippen molar-refractivity contribution in [2.75, 3.05) is 18.0 Å². The molecule has 0 bridgehead atoms. The molecule has 2 N–H and O–H groups in total. The van der Waals surface area contributed by atoms with E-state index in [1.165, 1.54) is 15.6 Å². The molecular weight excluding hydrogens is 314 g/mol. The van der Waals surface area contributed by atoms with Gasteiger partial charge in [-0.1, -0.05) is 29.8 Å². The van der Waals surface area contributed by atoms with E-state index in [9.17, 15) is 4.79 Å². The number of benzene rings is 1. The van der Waals surface area contributed by atoms with Crippen molar-refractivity contribution in [2.24, 2.45) is 5.73 Å². The molecule has 1 atom stereocenters. The van der Waals surface area contributed by atoms with Gasteiger partial charge < -0.3 is 15.2 Å². The highest BCUT2D eigenvalue weighted by Crippen LogP contribution is 2.22. The second-order valence-corrected chi connectivity index (χ2v) is 6.86. The molecule has 1 aliphatic rings. The standard InChI is InChI=1S/C19H23N5O/c1-14-4-6-15(7-5-14)12-23-17-8-9-21-24(17)19(25)11-18(23)22-10-2-3-16(20)13-22/h4-9,11,16H,2-3,10,12-13,20H2,1H3/t16-/m1/s1. The van der Waals surface area contributed by atoms with Crippen molar-refractivity contribution in [3.05, 3.63) is 64.1 Å². The third-order valence-corrected chi connectivity index (χ3v) is 4.88. The quantitative estimate of drug-likeness (QED) is 0.791. The minimum atomic E-state index is -0.102. The molecule has 3 heterocycles. The van der Waals surface area contributed by atoms with Crippen LogP contribution in [0.1, 0.15) is 24.0 Å². The van der Waals surface area contributed by atoms with Crippen LogP contribution in [0.4, 0.5) is 5.82 Å². The maximum Gasteiger partial charge on any atom is 0.276 e. The Morgan fingerprint density at radius 1 is 1.24 bits per heavy atom. The third kappa shape index (κ3) is 3.05. The molecule has 0 unspecified atom stereocenters. The van der Waals surface area contributed by atoms with Crippen molar-refractivity contribution < 1.29 is 0 Å². The fourth-order valence-corrected chi connectivity index (χ4v) is 3.56. The molecule has 1 fully saturated rings. The van der Waals surface area contributed by atoms with Crippen LogP contribution in [-0.4, -0.2) is 33.3 Å². The van der Waals surface area contributed by atoms with E-state index in [0.29, 0.717) is 6.54 Å². The van der Waals surface area contributed by atoms with Gasteiger partial charge in [-0.05, 0) is 25.3 Å². The minimum absolute atomic E-state index is 0.102. The Balaban J connectivity index is 1.83. The van der Waals surface area contributed by atoms with Gasteiger partial charge in [0.2, 0.25) is 0 Å². The molecule has 0 saturated carbocycles. The summed E-state index contributed by atoms with van der Waals surface area (Å²) in [5.74, 6) is 0.925. The second-order valence-electron chi connectivity index (χ2n) is 6.86. The summed E-state index contributed by atoms with van der Waals surface area (Å²) in [7, 11) is 0. The molecule has 0 aliphatic carbocycles. The van der Waals surface area contributed by atoms with Gasteiger partial charge in [0.25, 0.3) is 5.56 Å². The molecule has 0 amide bonds. The molecule has 1 saturated heterocycles. The van der Waals surface area contributed by atoms with Crippen molar-refractivity contribution in [3.63, 3.8) is 0 Å². The predicted octanol–water partition coefficient (Wildman–Crippen LogP) is 1.78. The van der Waals surface area contributed by atoms with Crippen LogP contribution in [-0.2, 0) is 6.54 Å². The van der Waals surface area contributed by atoms with Crippen molar-refractivity contribution >= 4 is 11.5 Å². The van der Waals surface area contributed by atoms with Gasteiger partial charge in [0.05, 0.1) is 12.7 Å². The Hall–Kier alpha value is -2.60. The Morgan fingerprint density at radius 2 is 2.04 bits per heavy atom. The lowest BCUT2D eigenvalue weighted by Gasteiger charge is -2.34. The minimum Gasteiger partial charge on any atom is -0.356 e. The Labute approximate surface area is 146 Å². The normalized spacial score (nSPS) is 18.0. The van der Waals surface area contributed by atoms with Crippen molar-refractivity contribution in [1.29, 1.82) is 0 Å². The van der Waals surface area contributed by atoms with Crippen molar-refractivity contribution in [2.45, 2.75) is 32.4 Å². The van der Waals surface area contributed by atoms with E-state index in [0.717, 1.165) is 37.4 Å². The van der Waals surface area contributed by atoms with Gasteiger partial charge >= 0.3 is 0 Å². The Kier molecular flexibility index (Phi) is 4.05. The number of aromatic nitrogens is 3. The zero-order valence-electron chi connectivity index (χ0n) is 14.4. The van der Waals surface area contributed by atoms with Gasteiger partial charge in [0.15, 0.2) is 0 Å². The van der Waals surface area contributed by atoms with E-state index in [1.54, 1.807) is 12.3 Å². The first-order chi connectivity index (χ1) is 12.1. The first kappa shape index (κ1) is 15.9. The number of nitrogens with two attached hydrogens (primary N) is 1. The molecule has 6 heteroatoms. The number of fused-ring (bicyclic) bond motifs is 1. The lowest BCUT2D eigenvalue weighted by atomic mass is 10.1. The van der Waals surface area contributed by atoms with Crippen LogP contribution in [0.2, 0.25) is 0 Å². The highest BCUT2D eigenvalue weighted by Gasteiger charge is 2.21. The monoisotopic (exact) mass is 337 g/mol. The number of anilines is 1. The summed E-state index contributed by atoms with van der Waals surface area (Å²) >= 11 is 0. The van der Waals surface area contributed by atoms with E-state index in [-0.39, 0.29) is 11.6 Å². The van der Waals surface area contributed by atoms with Crippen LogP contribution in [0.3, 0.4) is 0 Å². The molecule has 0 radical (unpaired) electrons. The Bertz CT molecular complexity index is 941. The first-order valence-corrected chi connectivity index (χ1v) is 8.75. The molecule has 1 aromatic carbocycles. The molecule has 6 nitrogen and oxygen atoms in total. The number of rotatable bonds is 3. The summed E-state index contributed by atoms with van der Waals surface area (Å²) in [5.41, 5.74) is 9.30. The van der Waals surface area contributed by atoms with Crippen LogP contribution in [0, 0.1) is 6.92 Å². The number of hydrogen-bond donors (Lipinski definition) is 1. The van der Waals surface area contributed by atoms with Crippen LogP contribution in [0.5, 0.6) is 0 Å². The van der Waals surface area contributed by atoms with E-state index in [2.05, 4.69) is 45.8 Å². The average molecular weight is 337 g/mol. The summed E-state index contributed by atoms with van der Waals surface area (Å²) in [6.07, 6.45) is 3.76. The maximum atomic E-state index is 12.5. The van der Waals surface area contributed by atoms with Crippen LogP contribution >= 0.6 is 0 Å². The summed E-state index contributed by atoms with van der Waals surface area (Å²) in [6.45, 7) is 4.47. The van der Waals surface area contributed by atoms with Gasteiger partial charge in [-0.25, -0.2) is 0 Å². The zero-order chi connectivity index (χ0) is 17.4. The molecule has 0 spiro atoms. The van der Waals surface area contributed by atoms with E-state index in [1.807, 2.05) is 6.07 Å². The topological polar surface area (TPSA) is 68.6 Å². The fourth-order valence-electron chi connectivity index (χ4n) is 3.56. The molecular formula is C19H23N5O. The van der Waals surface area contributed by atoms with E-state index >= 15 is 0 Å².